The van der Waals surface area contributed by atoms with Crippen molar-refractivity contribution in [3.8, 4) is 0 Å². The van der Waals surface area contributed by atoms with Crippen molar-refractivity contribution in [1.82, 2.24) is 15.1 Å². The molecule has 1 rings (SSSR count). The molecule has 84 valence electrons. The zero-order valence-corrected chi connectivity index (χ0v) is 9.10. The number of nitrogens with one attached hydrogen (secondary N) is 1. The number of nitrogens with zero attached hydrogens (tertiary/aromatic N) is 2. The standard InChI is InChI=1S/C10H17N3O2/c1-8(9-5-7-12-13(9)2)11-6-3-4-10(14)15/h5,7-8,11H,3-4,6H2,1-2H3,(H,14,15). The fourth-order valence-electron chi connectivity index (χ4n) is 1.47. The average Bonchev–Trinajstić information content (AvgIpc) is 2.58. The van der Waals surface area contributed by atoms with Gasteiger partial charge < -0.3 is 10.4 Å². The van der Waals surface area contributed by atoms with Gasteiger partial charge in [-0.3, -0.25) is 9.48 Å². The summed E-state index contributed by atoms with van der Waals surface area (Å²) in [5.41, 5.74) is 1.10. The second-order valence-corrected chi connectivity index (χ2v) is 3.55. The van der Waals surface area contributed by atoms with E-state index in [1.807, 2.05) is 24.7 Å². The molecule has 5 nitrogen and oxygen atoms in total. The van der Waals surface area contributed by atoms with Crippen molar-refractivity contribution >= 4 is 5.97 Å². The molecule has 5 heteroatoms. The average molecular weight is 211 g/mol. The van der Waals surface area contributed by atoms with Crippen molar-refractivity contribution < 1.29 is 9.90 Å². The van der Waals surface area contributed by atoms with Crippen LogP contribution in [0.15, 0.2) is 12.3 Å². The molecule has 2 N–H and O–H groups in total. The van der Waals surface area contributed by atoms with Crippen LogP contribution in [-0.4, -0.2) is 27.4 Å². The van der Waals surface area contributed by atoms with Crippen molar-refractivity contribution in [1.29, 1.82) is 0 Å². The molecule has 1 aromatic rings. The summed E-state index contributed by atoms with van der Waals surface area (Å²) >= 11 is 0. The largest absolute Gasteiger partial charge is 0.481 e. The number of hydrogen-bond donors (Lipinski definition) is 2. The fraction of sp³-hybridized carbons (Fsp3) is 0.600. The summed E-state index contributed by atoms with van der Waals surface area (Å²) in [4.78, 5) is 10.3. The van der Waals surface area contributed by atoms with E-state index in [9.17, 15) is 4.79 Å². The fourth-order valence-corrected chi connectivity index (χ4v) is 1.47. The lowest BCUT2D eigenvalue weighted by Gasteiger charge is -2.13. The molecule has 1 heterocycles. The third-order valence-corrected chi connectivity index (χ3v) is 2.32. The SMILES string of the molecule is CC(NCCCC(=O)O)c1ccnn1C. The minimum absolute atomic E-state index is 0.200. The van der Waals surface area contributed by atoms with E-state index in [1.54, 1.807) is 6.20 Å². The van der Waals surface area contributed by atoms with E-state index in [0.29, 0.717) is 13.0 Å². The van der Waals surface area contributed by atoms with Gasteiger partial charge in [-0.25, -0.2) is 0 Å². The van der Waals surface area contributed by atoms with Crippen LogP contribution in [0.25, 0.3) is 0 Å². The van der Waals surface area contributed by atoms with Crippen LogP contribution in [0.3, 0.4) is 0 Å². The maximum absolute atomic E-state index is 10.3. The minimum Gasteiger partial charge on any atom is -0.481 e. The summed E-state index contributed by atoms with van der Waals surface area (Å²) in [7, 11) is 1.89. The highest BCUT2D eigenvalue weighted by molar-refractivity contribution is 5.66. The molecule has 1 unspecified atom stereocenters. The number of aryl methyl sites for hydroxylation is 1. The Bertz CT molecular complexity index is 322. The summed E-state index contributed by atoms with van der Waals surface area (Å²) in [5, 5.41) is 15.8. The molecule has 0 saturated carbocycles. The van der Waals surface area contributed by atoms with Gasteiger partial charge in [-0.15, -0.1) is 0 Å². The molecule has 0 aliphatic heterocycles. The number of carboxylic acids is 1. The highest BCUT2D eigenvalue weighted by atomic mass is 16.4. The number of rotatable bonds is 6. The van der Waals surface area contributed by atoms with Gasteiger partial charge in [-0.2, -0.15) is 5.10 Å². The van der Waals surface area contributed by atoms with E-state index >= 15 is 0 Å². The maximum atomic E-state index is 10.3. The summed E-state index contributed by atoms with van der Waals surface area (Å²) < 4.78 is 1.81. The molecule has 15 heavy (non-hydrogen) atoms. The first-order chi connectivity index (χ1) is 7.11. The van der Waals surface area contributed by atoms with Gasteiger partial charge in [-0.1, -0.05) is 0 Å². The summed E-state index contributed by atoms with van der Waals surface area (Å²) in [5.74, 6) is -0.745. The maximum Gasteiger partial charge on any atom is 0.303 e. The highest BCUT2D eigenvalue weighted by Crippen LogP contribution is 2.09. The molecule has 0 aliphatic carbocycles. The Balaban J connectivity index is 2.28. The summed E-state index contributed by atoms with van der Waals surface area (Å²) in [6.45, 7) is 2.75. The van der Waals surface area contributed by atoms with Crippen molar-refractivity contribution in [3.05, 3.63) is 18.0 Å². The monoisotopic (exact) mass is 211 g/mol. The van der Waals surface area contributed by atoms with Gasteiger partial charge in [0, 0.05) is 25.7 Å². The molecule has 0 spiro atoms. The number of carboxylic acid groups (broad SMARTS) is 1. The molecule has 0 aliphatic rings. The van der Waals surface area contributed by atoms with Crippen LogP contribution < -0.4 is 5.32 Å². The molecule has 0 aromatic carbocycles. The molecule has 0 radical (unpaired) electrons. The van der Waals surface area contributed by atoms with Gasteiger partial charge in [0.25, 0.3) is 0 Å². The van der Waals surface area contributed by atoms with Crippen LogP contribution in [0.1, 0.15) is 31.5 Å². The van der Waals surface area contributed by atoms with E-state index < -0.39 is 5.97 Å². The zero-order valence-electron chi connectivity index (χ0n) is 9.10. The lowest BCUT2D eigenvalue weighted by molar-refractivity contribution is -0.137. The molecule has 1 atom stereocenters. The lowest BCUT2D eigenvalue weighted by Crippen LogP contribution is -2.22. The van der Waals surface area contributed by atoms with E-state index in [1.165, 1.54) is 0 Å². The second kappa shape index (κ2) is 5.50. The Kier molecular flexibility index (Phi) is 4.30. The number of aliphatic carboxylic acids is 1. The van der Waals surface area contributed by atoms with Gasteiger partial charge in [0.1, 0.15) is 0 Å². The van der Waals surface area contributed by atoms with E-state index in [0.717, 1.165) is 5.69 Å². The Labute approximate surface area is 89.1 Å². The molecule has 0 bridgehead atoms. The molecule has 1 aromatic heterocycles. The van der Waals surface area contributed by atoms with Crippen LogP contribution >= 0.6 is 0 Å². The minimum atomic E-state index is -0.745. The van der Waals surface area contributed by atoms with E-state index in [4.69, 9.17) is 5.11 Å². The number of hydrogen-bond acceptors (Lipinski definition) is 3. The first-order valence-electron chi connectivity index (χ1n) is 5.04. The third kappa shape index (κ3) is 3.71. The topological polar surface area (TPSA) is 67.2 Å². The van der Waals surface area contributed by atoms with Crippen molar-refractivity contribution in [2.45, 2.75) is 25.8 Å². The Morgan fingerprint density at radius 3 is 3.00 bits per heavy atom. The van der Waals surface area contributed by atoms with Crippen molar-refractivity contribution in [2.24, 2.45) is 7.05 Å². The molecule has 0 amide bonds. The normalized spacial score (nSPS) is 12.7. The lowest BCUT2D eigenvalue weighted by atomic mass is 10.2. The van der Waals surface area contributed by atoms with Gasteiger partial charge in [0.2, 0.25) is 0 Å². The van der Waals surface area contributed by atoms with Crippen LogP contribution in [0.2, 0.25) is 0 Å². The van der Waals surface area contributed by atoms with Crippen LogP contribution in [0.5, 0.6) is 0 Å². The number of aromatic nitrogens is 2. The summed E-state index contributed by atoms with van der Waals surface area (Å²) in [6.07, 6.45) is 2.62. The summed E-state index contributed by atoms with van der Waals surface area (Å²) in [6, 6.07) is 2.15. The van der Waals surface area contributed by atoms with Crippen molar-refractivity contribution in [3.63, 3.8) is 0 Å². The predicted octanol–water partition coefficient (Wildman–Crippen LogP) is 0.935. The highest BCUT2D eigenvalue weighted by Gasteiger charge is 2.08. The van der Waals surface area contributed by atoms with Gasteiger partial charge in [0.15, 0.2) is 0 Å². The molecule has 0 fully saturated rings. The second-order valence-electron chi connectivity index (χ2n) is 3.55. The first kappa shape index (κ1) is 11.7. The van der Waals surface area contributed by atoms with E-state index in [-0.39, 0.29) is 12.5 Å². The van der Waals surface area contributed by atoms with Crippen LogP contribution in [0.4, 0.5) is 0 Å². The Morgan fingerprint density at radius 1 is 1.73 bits per heavy atom. The smallest absolute Gasteiger partial charge is 0.303 e. The van der Waals surface area contributed by atoms with Gasteiger partial charge in [0.05, 0.1) is 5.69 Å². The van der Waals surface area contributed by atoms with Gasteiger partial charge in [-0.05, 0) is 26.0 Å². The zero-order chi connectivity index (χ0) is 11.3. The Hall–Kier alpha value is -1.36. The first-order valence-corrected chi connectivity index (χ1v) is 5.04. The molecular formula is C10H17N3O2. The predicted molar refractivity (Wildman–Crippen MR) is 56.5 cm³/mol. The Morgan fingerprint density at radius 2 is 2.47 bits per heavy atom. The van der Waals surface area contributed by atoms with Gasteiger partial charge >= 0.3 is 5.97 Å². The van der Waals surface area contributed by atoms with Crippen LogP contribution in [0, 0.1) is 0 Å². The van der Waals surface area contributed by atoms with E-state index in [2.05, 4.69) is 10.4 Å². The van der Waals surface area contributed by atoms with Crippen molar-refractivity contribution in [2.75, 3.05) is 6.54 Å². The number of carbonyl (C=O) groups is 1. The molecular weight excluding hydrogens is 194 g/mol. The molecule has 0 saturated heterocycles. The van der Waals surface area contributed by atoms with Crippen LogP contribution in [-0.2, 0) is 11.8 Å². The quantitative estimate of drug-likeness (QED) is 0.687. The third-order valence-electron chi connectivity index (χ3n) is 2.32.